The molecular weight excluding hydrogens is 362 g/mol. The molecule has 1 saturated heterocycles. The molecule has 29 heavy (non-hydrogen) atoms. The first-order valence-electron chi connectivity index (χ1n) is 10.6. The maximum atomic E-state index is 12.9. The van der Waals surface area contributed by atoms with Gasteiger partial charge in [0.05, 0.1) is 6.61 Å². The van der Waals surface area contributed by atoms with Crippen LogP contribution in [0.4, 0.5) is 5.69 Å². The standard InChI is InChI=1S/C25H31NO3/c1-17-15-20(9-12-22(17)28-16-25(2,3)4)26-14-13-23(24(26)27)29-21-10-7-19(8-11-21)18-5-6-18/h7-12,15,18,23H,5-6,13-14,16H2,1-4H3/t23-/m1/s1. The Labute approximate surface area is 173 Å². The van der Waals surface area contributed by atoms with Crippen LogP contribution < -0.4 is 14.4 Å². The lowest BCUT2D eigenvalue weighted by Gasteiger charge is -2.22. The molecule has 4 rings (SSSR count). The second-order valence-electron chi connectivity index (χ2n) is 9.53. The highest BCUT2D eigenvalue weighted by Crippen LogP contribution is 2.40. The number of aryl methyl sites for hydroxylation is 1. The molecule has 1 saturated carbocycles. The van der Waals surface area contributed by atoms with E-state index in [1.807, 2.05) is 42.2 Å². The molecule has 0 unspecified atom stereocenters. The zero-order valence-electron chi connectivity index (χ0n) is 17.9. The molecule has 0 aromatic heterocycles. The van der Waals surface area contributed by atoms with E-state index in [-0.39, 0.29) is 11.3 Å². The summed E-state index contributed by atoms with van der Waals surface area (Å²) in [6.45, 7) is 9.81. The van der Waals surface area contributed by atoms with E-state index in [4.69, 9.17) is 9.47 Å². The van der Waals surface area contributed by atoms with Crippen LogP contribution in [-0.4, -0.2) is 25.2 Å². The largest absolute Gasteiger partial charge is 0.493 e. The van der Waals surface area contributed by atoms with Gasteiger partial charge in [-0.2, -0.15) is 0 Å². The van der Waals surface area contributed by atoms with Gasteiger partial charge in [-0.1, -0.05) is 32.9 Å². The number of hydrogen-bond acceptors (Lipinski definition) is 3. The van der Waals surface area contributed by atoms with Crippen molar-refractivity contribution in [2.24, 2.45) is 5.41 Å². The normalized spacial score (nSPS) is 19.5. The highest BCUT2D eigenvalue weighted by atomic mass is 16.5. The van der Waals surface area contributed by atoms with Crippen molar-refractivity contribution < 1.29 is 14.3 Å². The molecule has 154 valence electrons. The Morgan fingerprint density at radius 3 is 2.38 bits per heavy atom. The van der Waals surface area contributed by atoms with E-state index in [1.54, 1.807) is 0 Å². The summed E-state index contributed by atoms with van der Waals surface area (Å²) in [5.74, 6) is 2.40. The fourth-order valence-corrected chi connectivity index (χ4v) is 3.68. The van der Waals surface area contributed by atoms with E-state index in [9.17, 15) is 4.79 Å². The van der Waals surface area contributed by atoms with Crippen LogP contribution in [0, 0.1) is 12.3 Å². The first-order chi connectivity index (χ1) is 13.8. The molecule has 2 aliphatic rings. The minimum atomic E-state index is -0.418. The molecular formula is C25H31NO3. The Kier molecular flexibility index (Phi) is 5.28. The highest BCUT2D eigenvalue weighted by molar-refractivity contribution is 5.99. The minimum absolute atomic E-state index is 0.0269. The number of rotatable bonds is 6. The van der Waals surface area contributed by atoms with Crippen LogP contribution in [0.15, 0.2) is 42.5 Å². The number of anilines is 1. The molecule has 4 nitrogen and oxygen atoms in total. The van der Waals surface area contributed by atoms with Crippen molar-refractivity contribution in [3.63, 3.8) is 0 Å². The zero-order chi connectivity index (χ0) is 20.6. The quantitative estimate of drug-likeness (QED) is 0.652. The third-order valence-electron chi connectivity index (χ3n) is 5.49. The molecule has 1 aliphatic heterocycles. The summed E-state index contributed by atoms with van der Waals surface area (Å²) in [6.07, 6.45) is 2.86. The third-order valence-corrected chi connectivity index (χ3v) is 5.49. The second-order valence-corrected chi connectivity index (χ2v) is 9.53. The predicted molar refractivity (Wildman–Crippen MR) is 116 cm³/mol. The van der Waals surface area contributed by atoms with Crippen molar-refractivity contribution >= 4 is 11.6 Å². The van der Waals surface area contributed by atoms with Gasteiger partial charge in [0.2, 0.25) is 0 Å². The maximum absolute atomic E-state index is 12.9. The summed E-state index contributed by atoms with van der Waals surface area (Å²) in [5, 5.41) is 0. The summed E-state index contributed by atoms with van der Waals surface area (Å²) in [5.41, 5.74) is 3.43. The molecule has 2 aromatic rings. The lowest BCUT2D eigenvalue weighted by atomic mass is 9.98. The topological polar surface area (TPSA) is 38.8 Å². The molecule has 2 fully saturated rings. The van der Waals surface area contributed by atoms with E-state index in [1.165, 1.54) is 18.4 Å². The minimum Gasteiger partial charge on any atom is -0.493 e. The van der Waals surface area contributed by atoms with Gasteiger partial charge in [-0.05, 0) is 72.6 Å². The van der Waals surface area contributed by atoms with Crippen LogP contribution >= 0.6 is 0 Å². The van der Waals surface area contributed by atoms with Crippen molar-refractivity contribution in [1.29, 1.82) is 0 Å². The molecule has 0 spiro atoms. The number of hydrogen-bond donors (Lipinski definition) is 0. The van der Waals surface area contributed by atoms with Crippen molar-refractivity contribution in [3.8, 4) is 11.5 Å². The van der Waals surface area contributed by atoms with Gasteiger partial charge >= 0.3 is 0 Å². The Balaban J connectivity index is 1.39. The Hall–Kier alpha value is -2.49. The first kappa shape index (κ1) is 19.8. The smallest absolute Gasteiger partial charge is 0.268 e. The van der Waals surface area contributed by atoms with E-state index in [0.29, 0.717) is 19.6 Å². The fourth-order valence-electron chi connectivity index (χ4n) is 3.68. The zero-order valence-corrected chi connectivity index (χ0v) is 17.9. The van der Waals surface area contributed by atoms with Gasteiger partial charge < -0.3 is 14.4 Å². The van der Waals surface area contributed by atoms with E-state index >= 15 is 0 Å². The number of amides is 1. The summed E-state index contributed by atoms with van der Waals surface area (Å²) in [7, 11) is 0. The van der Waals surface area contributed by atoms with Crippen LogP contribution in [0.5, 0.6) is 11.5 Å². The molecule has 1 amide bonds. The molecule has 4 heteroatoms. The SMILES string of the molecule is Cc1cc(N2CC[C@@H](Oc3ccc(C4CC4)cc3)C2=O)ccc1OCC(C)(C)C. The second kappa shape index (κ2) is 7.74. The van der Waals surface area contributed by atoms with Gasteiger partial charge in [-0.15, -0.1) is 0 Å². The van der Waals surface area contributed by atoms with Crippen LogP contribution in [0.25, 0.3) is 0 Å². The van der Waals surface area contributed by atoms with Crippen molar-refractivity contribution in [2.45, 2.75) is 59.0 Å². The molecule has 0 radical (unpaired) electrons. The Morgan fingerprint density at radius 1 is 1.03 bits per heavy atom. The van der Waals surface area contributed by atoms with Gasteiger partial charge in [-0.25, -0.2) is 0 Å². The van der Waals surface area contributed by atoms with Crippen LogP contribution in [0.3, 0.4) is 0 Å². The Morgan fingerprint density at radius 2 is 1.76 bits per heavy atom. The van der Waals surface area contributed by atoms with Gasteiger partial charge in [0, 0.05) is 18.7 Å². The number of carbonyl (C=O) groups excluding carboxylic acids is 1. The summed E-state index contributed by atoms with van der Waals surface area (Å²) < 4.78 is 12.0. The van der Waals surface area contributed by atoms with Gasteiger partial charge in [0.15, 0.2) is 6.10 Å². The molecule has 1 heterocycles. The molecule has 0 N–H and O–H groups in total. The van der Waals surface area contributed by atoms with E-state index in [0.717, 1.165) is 28.7 Å². The van der Waals surface area contributed by atoms with Gasteiger partial charge in [-0.3, -0.25) is 4.79 Å². The number of carbonyl (C=O) groups is 1. The average Bonchev–Trinajstić information content (AvgIpc) is 3.46. The monoisotopic (exact) mass is 393 g/mol. The third kappa shape index (κ3) is 4.75. The highest BCUT2D eigenvalue weighted by Gasteiger charge is 2.34. The van der Waals surface area contributed by atoms with E-state index < -0.39 is 6.10 Å². The van der Waals surface area contributed by atoms with Gasteiger partial charge in [0.1, 0.15) is 11.5 Å². The molecule has 1 aliphatic carbocycles. The van der Waals surface area contributed by atoms with Crippen molar-refractivity contribution in [2.75, 3.05) is 18.1 Å². The molecule has 1 atom stereocenters. The summed E-state index contributed by atoms with van der Waals surface area (Å²) in [4.78, 5) is 14.7. The van der Waals surface area contributed by atoms with E-state index in [2.05, 4.69) is 32.9 Å². The van der Waals surface area contributed by atoms with Crippen LogP contribution in [-0.2, 0) is 4.79 Å². The lowest BCUT2D eigenvalue weighted by Crippen LogP contribution is -2.32. The fraction of sp³-hybridized carbons (Fsp3) is 0.480. The lowest BCUT2D eigenvalue weighted by molar-refractivity contribution is -0.122. The van der Waals surface area contributed by atoms with Crippen LogP contribution in [0.1, 0.15) is 57.1 Å². The van der Waals surface area contributed by atoms with Crippen LogP contribution in [0.2, 0.25) is 0 Å². The van der Waals surface area contributed by atoms with Gasteiger partial charge in [0.25, 0.3) is 5.91 Å². The first-order valence-corrected chi connectivity index (χ1v) is 10.6. The number of ether oxygens (including phenoxy) is 2. The summed E-state index contributed by atoms with van der Waals surface area (Å²) >= 11 is 0. The maximum Gasteiger partial charge on any atom is 0.268 e. The van der Waals surface area contributed by atoms with Crippen molar-refractivity contribution in [3.05, 3.63) is 53.6 Å². The molecule has 0 bridgehead atoms. The summed E-state index contributed by atoms with van der Waals surface area (Å²) in [6, 6.07) is 14.2. The Bertz CT molecular complexity index is 878. The predicted octanol–water partition coefficient (Wildman–Crippen LogP) is 5.48. The average molecular weight is 394 g/mol. The molecule has 2 aromatic carbocycles. The van der Waals surface area contributed by atoms with Crippen molar-refractivity contribution in [1.82, 2.24) is 0 Å². The number of benzene rings is 2. The number of nitrogens with zero attached hydrogens (tertiary/aromatic N) is 1.